The van der Waals surface area contributed by atoms with Gasteiger partial charge in [0, 0.05) is 30.9 Å². The van der Waals surface area contributed by atoms with Gasteiger partial charge in [-0.2, -0.15) is 5.10 Å². The van der Waals surface area contributed by atoms with Gasteiger partial charge in [0.2, 0.25) is 5.91 Å². The van der Waals surface area contributed by atoms with Gasteiger partial charge < -0.3 is 10.2 Å². The fraction of sp³-hybridized carbons (Fsp3) is 0.429. The molecule has 1 N–H and O–H groups in total. The van der Waals surface area contributed by atoms with E-state index in [-0.39, 0.29) is 11.5 Å². The Hall–Kier alpha value is -3.56. The standard InChI is InChI=1S/C21H26N8O2/c1-14-11-15(2)28(25-14)18-7-8-20(30)29(26-18)16(3)21(31)24-17-12-19(23-13-22-17)27-9-5-4-6-10-27/h7-8,11-13,16H,4-6,9-10H2,1-3H3,(H,22,23,24,31). The maximum atomic E-state index is 12.9. The van der Waals surface area contributed by atoms with Crippen molar-refractivity contribution in [2.75, 3.05) is 23.3 Å². The molecule has 0 spiro atoms. The predicted molar refractivity (Wildman–Crippen MR) is 117 cm³/mol. The molecule has 1 aliphatic rings. The number of piperidine rings is 1. The molecule has 162 valence electrons. The lowest BCUT2D eigenvalue weighted by Crippen LogP contribution is -2.34. The molecule has 3 aromatic heterocycles. The summed E-state index contributed by atoms with van der Waals surface area (Å²) in [4.78, 5) is 36.0. The molecule has 1 atom stereocenters. The summed E-state index contributed by atoms with van der Waals surface area (Å²) < 4.78 is 2.80. The molecule has 10 nitrogen and oxygen atoms in total. The molecule has 0 aromatic carbocycles. The van der Waals surface area contributed by atoms with E-state index in [0.29, 0.717) is 11.6 Å². The van der Waals surface area contributed by atoms with Gasteiger partial charge in [0.1, 0.15) is 24.0 Å². The van der Waals surface area contributed by atoms with Crippen LogP contribution >= 0.6 is 0 Å². The first-order valence-electron chi connectivity index (χ1n) is 10.4. The summed E-state index contributed by atoms with van der Waals surface area (Å²) in [6.45, 7) is 7.30. The van der Waals surface area contributed by atoms with E-state index < -0.39 is 6.04 Å². The molecule has 3 aromatic rings. The highest BCUT2D eigenvalue weighted by molar-refractivity contribution is 5.92. The maximum absolute atomic E-state index is 12.9. The second-order valence-electron chi connectivity index (χ2n) is 7.79. The van der Waals surface area contributed by atoms with Crippen LogP contribution < -0.4 is 15.8 Å². The van der Waals surface area contributed by atoms with Crippen LogP contribution in [0.3, 0.4) is 0 Å². The van der Waals surface area contributed by atoms with Gasteiger partial charge in [0.25, 0.3) is 5.56 Å². The Morgan fingerprint density at radius 1 is 1.03 bits per heavy atom. The van der Waals surface area contributed by atoms with Gasteiger partial charge in [-0.15, -0.1) is 5.10 Å². The number of nitrogens with zero attached hydrogens (tertiary/aromatic N) is 7. The van der Waals surface area contributed by atoms with Gasteiger partial charge >= 0.3 is 0 Å². The summed E-state index contributed by atoms with van der Waals surface area (Å²) in [6.07, 6.45) is 4.92. The third kappa shape index (κ3) is 4.47. The van der Waals surface area contributed by atoms with Crippen molar-refractivity contribution in [3.8, 4) is 5.82 Å². The van der Waals surface area contributed by atoms with Crippen LogP contribution in [0.4, 0.5) is 11.6 Å². The molecule has 1 unspecified atom stereocenters. The fourth-order valence-electron chi connectivity index (χ4n) is 3.72. The van der Waals surface area contributed by atoms with Crippen LogP contribution in [0, 0.1) is 13.8 Å². The number of rotatable bonds is 5. The van der Waals surface area contributed by atoms with Crippen molar-refractivity contribution in [2.45, 2.75) is 46.1 Å². The first-order valence-corrected chi connectivity index (χ1v) is 10.4. The number of nitrogens with one attached hydrogen (secondary N) is 1. The third-order valence-electron chi connectivity index (χ3n) is 5.37. The second-order valence-corrected chi connectivity index (χ2v) is 7.79. The van der Waals surface area contributed by atoms with Crippen molar-refractivity contribution in [3.05, 3.63) is 52.3 Å². The van der Waals surface area contributed by atoms with E-state index in [1.54, 1.807) is 23.7 Å². The molecule has 0 aliphatic carbocycles. The lowest BCUT2D eigenvalue weighted by atomic mass is 10.1. The number of amides is 1. The van der Waals surface area contributed by atoms with Crippen LogP contribution in [0.2, 0.25) is 0 Å². The largest absolute Gasteiger partial charge is 0.356 e. The van der Waals surface area contributed by atoms with Crippen molar-refractivity contribution in [3.63, 3.8) is 0 Å². The van der Waals surface area contributed by atoms with Crippen LogP contribution in [0.15, 0.2) is 35.4 Å². The molecule has 4 rings (SSSR count). The van der Waals surface area contributed by atoms with Crippen molar-refractivity contribution < 1.29 is 4.79 Å². The fourth-order valence-corrected chi connectivity index (χ4v) is 3.72. The molecular formula is C21H26N8O2. The van der Waals surface area contributed by atoms with Crippen LogP contribution in [-0.2, 0) is 4.79 Å². The van der Waals surface area contributed by atoms with Crippen molar-refractivity contribution in [1.29, 1.82) is 0 Å². The number of anilines is 2. The Labute approximate surface area is 179 Å². The van der Waals surface area contributed by atoms with Gasteiger partial charge in [-0.3, -0.25) is 9.59 Å². The molecular weight excluding hydrogens is 396 g/mol. The van der Waals surface area contributed by atoms with Crippen LogP contribution in [0.1, 0.15) is 43.6 Å². The van der Waals surface area contributed by atoms with Gasteiger partial charge in [0.05, 0.1) is 5.69 Å². The Kier molecular flexibility index (Phi) is 5.79. The van der Waals surface area contributed by atoms with Crippen molar-refractivity contribution >= 4 is 17.5 Å². The van der Waals surface area contributed by atoms with E-state index in [1.165, 1.54) is 18.8 Å². The SMILES string of the molecule is Cc1cc(C)n(-c2ccc(=O)n(C(C)C(=O)Nc3cc(N4CCCCC4)ncn3)n2)n1. The van der Waals surface area contributed by atoms with E-state index in [9.17, 15) is 9.59 Å². The molecule has 4 heterocycles. The van der Waals surface area contributed by atoms with Gasteiger partial charge in [-0.05, 0) is 52.2 Å². The number of hydrogen-bond donors (Lipinski definition) is 1. The van der Waals surface area contributed by atoms with E-state index in [4.69, 9.17) is 0 Å². The highest BCUT2D eigenvalue weighted by atomic mass is 16.2. The minimum absolute atomic E-state index is 0.371. The van der Waals surface area contributed by atoms with Crippen LogP contribution in [0.5, 0.6) is 0 Å². The zero-order valence-corrected chi connectivity index (χ0v) is 17.9. The van der Waals surface area contributed by atoms with Crippen molar-refractivity contribution in [2.24, 2.45) is 0 Å². The predicted octanol–water partition coefficient (Wildman–Crippen LogP) is 2.03. The maximum Gasteiger partial charge on any atom is 0.267 e. The summed E-state index contributed by atoms with van der Waals surface area (Å²) in [5, 5.41) is 11.5. The molecule has 0 bridgehead atoms. The molecule has 1 amide bonds. The molecule has 0 saturated carbocycles. The first-order chi connectivity index (χ1) is 14.9. The molecule has 10 heteroatoms. The zero-order chi connectivity index (χ0) is 22.0. The molecule has 31 heavy (non-hydrogen) atoms. The smallest absolute Gasteiger partial charge is 0.267 e. The van der Waals surface area contributed by atoms with E-state index in [2.05, 4.69) is 30.4 Å². The molecule has 1 fully saturated rings. The average Bonchev–Trinajstić information content (AvgIpc) is 3.12. The Balaban J connectivity index is 1.54. The summed E-state index contributed by atoms with van der Waals surface area (Å²) in [7, 11) is 0. The molecule has 1 aliphatic heterocycles. The minimum atomic E-state index is -0.835. The summed E-state index contributed by atoms with van der Waals surface area (Å²) in [5.41, 5.74) is 1.36. The summed E-state index contributed by atoms with van der Waals surface area (Å²) in [6, 6.07) is 5.83. The highest BCUT2D eigenvalue weighted by Crippen LogP contribution is 2.19. The third-order valence-corrected chi connectivity index (χ3v) is 5.37. The van der Waals surface area contributed by atoms with E-state index >= 15 is 0 Å². The number of carbonyl (C=O) groups excluding carboxylic acids is 1. The number of hydrogen-bond acceptors (Lipinski definition) is 7. The first kappa shape index (κ1) is 20.7. The summed E-state index contributed by atoms with van der Waals surface area (Å²) in [5.74, 6) is 1.28. The normalized spacial score (nSPS) is 15.0. The van der Waals surface area contributed by atoms with Gasteiger partial charge in [-0.1, -0.05) is 0 Å². The lowest BCUT2D eigenvalue weighted by molar-refractivity contribution is -0.119. The van der Waals surface area contributed by atoms with Gasteiger partial charge in [0.15, 0.2) is 5.82 Å². The number of aromatic nitrogens is 6. The van der Waals surface area contributed by atoms with Crippen LogP contribution in [0.25, 0.3) is 5.82 Å². The van der Waals surface area contributed by atoms with Crippen LogP contribution in [-0.4, -0.2) is 48.5 Å². The molecule has 1 saturated heterocycles. The Morgan fingerprint density at radius 3 is 2.52 bits per heavy atom. The zero-order valence-electron chi connectivity index (χ0n) is 17.9. The minimum Gasteiger partial charge on any atom is -0.356 e. The van der Waals surface area contributed by atoms with Gasteiger partial charge in [-0.25, -0.2) is 19.3 Å². The number of aryl methyl sites for hydroxylation is 2. The quantitative estimate of drug-likeness (QED) is 0.670. The molecule has 0 radical (unpaired) electrons. The topological polar surface area (TPSA) is 111 Å². The van der Waals surface area contributed by atoms with E-state index in [1.807, 2.05) is 19.9 Å². The average molecular weight is 422 g/mol. The van der Waals surface area contributed by atoms with Crippen molar-refractivity contribution in [1.82, 2.24) is 29.5 Å². The number of carbonyl (C=O) groups is 1. The summed E-state index contributed by atoms with van der Waals surface area (Å²) >= 11 is 0. The Bertz CT molecular complexity index is 1150. The Morgan fingerprint density at radius 2 is 1.81 bits per heavy atom. The second kappa shape index (κ2) is 8.66. The highest BCUT2D eigenvalue weighted by Gasteiger charge is 2.20. The lowest BCUT2D eigenvalue weighted by Gasteiger charge is -2.27. The van der Waals surface area contributed by atoms with E-state index in [0.717, 1.165) is 47.8 Å². The monoisotopic (exact) mass is 422 g/mol.